The lowest BCUT2D eigenvalue weighted by Crippen LogP contribution is -2.34. The first-order chi connectivity index (χ1) is 8.62. The highest BCUT2D eigenvalue weighted by Gasteiger charge is 2.33. The molecule has 98 valence electrons. The van der Waals surface area contributed by atoms with Gasteiger partial charge in [-0.1, -0.05) is 47.3 Å². The predicted molar refractivity (Wildman–Crippen MR) is 79.6 cm³/mol. The van der Waals surface area contributed by atoms with Crippen molar-refractivity contribution in [2.75, 3.05) is 6.54 Å². The second-order valence-corrected chi connectivity index (χ2v) is 6.00. The Morgan fingerprint density at radius 3 is 2.28 bits per heavy atom. The van der Waals surface area contributed by atoms with Crippen LogP contribution in [0.15, 0.2) is 33.7 Å². The number of guanidine groups is 1. The largest absolute Gasteiger partial charge is 0.370 e. The first-order valence-electron chi connectivity index (χ1n) is 6.44. The zero-order valence-electron chi connectivity index (χ0n) is 10.5. The maximum atomic E-state index is 5.49. The van der Waals surface area contributed by atoms with Crippen LogP contribution in [0.5, 0.6) is 0 Å². The number of nitrogens with two attached hydrogens (primary N) is 2. The van der Waals surface area contributed by atoms with Gasteiger partial charge in [-0.3, -0.25) is 4.99 Å². The molecule has 1 aliphatic rings. The molecule has 2 rings (SSSR count). The van der Waals surface area contributed by atoms with E-state index in [0.29, 0.717) is 6.54 Å². The number of benzene rings is 1. The first-order valence-corrected chi connectivity index (χ1v) is 7.23. The van der Waals surface area contributed by atoms with Crippen LogP contribution in [0.2, 0.25) is 0 Å². The summed E-state index contributed by atoms with van der Waals surface area (Å²) < 4.78 is 1.11. The van der Waals surface area contributed by atoms with Crippen LogP contribution in [0.3, 0.4) is 0 Å². The third kappa shape index (κ3) is 3.05. The lowest BCUT2D eigenvalue weighted by Gasteiger charge is -2.36. The Balaban J connectivity index is 2.28. The van der Waals surface area contributed by atoms with Crippen LogP contribution in [0.4, 0.5) is 0 Å². The summed E-state index contributed by atoms with van der Waals surface area (Å²) in [5.41, 5.74) is 12.5. The molecule has 4 N–H and O–H groups in total. The summed E-state index contributed by atoms with van der Waals surface area (Å²) in [6, 6.07) is 8.58. The lowest BCUT2D eigenvalue weighted by molar-refractivity contribution is 0.301. The average Bonchev–Trinajstić information content (AvgIpc) is 2.38. The van der Waals surface area contributed by atoms with Crippen molar-refractivity contribution >= 4 is 21.9 Å². The van der Waals surface area contributed by atoms with Crippen molar-refractivity contribution in [3.05, 3.63) is 34.3 Å². The summed E-state index contributed by atoms with van der Waals surface area (Å²) in [5, 5.41) is 0. The second kappa shape index (κ2) is 5.74. The summed E-state index contributed by atoms with van der Waals surface area (Å²) >= 11 is 3.48. The molecule has 18 heavy (non-hydrogen) atoms. The monoisotopic (exact) mass is 309 g/mol. The van der Waals surface area contributed by atoms with Crippen LogP contribution in [0.1, 0.15) is 37.7 Å². The molecule has 0 radical (unpaired) electrons. The molecule has 1 aliphatic carbocycles. The summed E-state index contributed by atoms with van der Waals surface area (Å²) in [4.78, 5) is 4.28. The van der Waals surface area contributed by atoms with Crippen LogP contribution < -0.4 is 11.5 Å². The quantitative estimate of drug-likeness (QED) is 0.666. The number of halogens is 1. The summed E-state index contributed by atoms with van der Waals surface area (Å²) in [5.74, 6) is 0.192. The fourth-order valence-electron chi connectivity index (χ4n) is 2.81. The minimum Gasteiger partial charge on any atom is -0.370 e. The second-order valence-electron chi connectivity index (χ2n) is 5.09. The van der Waals surface area contributed by atoms with E-state index in [1.165, 1.54) is 37.7 Å². The minimum absolute atomic E-state index is 0.128. The minimum atomic E-state index is 0.128. The van der Waals surface area contributed by atoms with Crippen LogP contribution in [0.25, 0.3) is 0 Å². The van der Waals surface area contributed by atoms with Crippen molar-refractivity contribution in [1.82, 2.24) is 0 Å². The Morgan fingerprint density at radius 2 is 1.72 bits per heavy atom. The van der Waals surface area contributed by atoms with Gasteiger partial charge < -0.3 is 11.5 Å². The van der Waals surface area contributed by atoms with E-state index in [2.05, 4.69) is 45.2 Å². The van der Waals surface area contributed by atoms with Gasteiger partial charge >= 0.3 is 0 Å². The van der Waals surface area contributed by atoms with E-state index >= 15 is 0 Å². The lowest BCUT2D eigenvalue weighted by atomic mass is 9.69. The van der Waals surface area contributed by atoms with Crippen molar-refractivity contribution in [3.8, 4) is 0 Å². The zero-order chi connectivity index (χ0) is 13.0. The summed E-state index contributed by atoms with van der Waals surface area (Å²) in [7, 11) is 0. The van der Waals surface area contributed by atoms with Crippen LogP contribution in [0, 0.1) is 0 Å². The molecule has 0 unspecified atom stereocenters. The molecule has 0 atom stereocenters. The molecule has 1 saturated carbocycles. The Morgan fingerprint density at radius 1 is 1.11 bits per heavy atom. The number of nitrogens with zero attached hydrogens (tertiary/aromatic N) is 1. The molecule has 0 saturated heterocycles. The standard InChI is InChI=1S/C14H20BrN3/c15-12-6-4-11(5-7-12)14(10-18-13(16)17)8-2-1-3-9-14/h4-7H,1-3,8-10H2,(H4,16,17,18). The molecule has 1 aromatic carbocycles. The predicted octanol–water partition coefficient (Wildman–Crippen LogP) is 2.92. The molecule has 0 amide bonds. The molecule has 1 fully saturated rings. The maximum Gasteiger partial charge on any atom is 0.185 e. The first kappa shape index (κ1) is 13.4. The highest BCUT2D eigenvalue weighted by molar-refractivity contribution is 9.10. The number of rotatable bonds is 3. The molecule has 0 spiro atoms. The Labute approximate surface area is 117 Å². The molecule has 0 aromatic heterocycles. The van der Waals surface area contributed by atoms with Gasteiger partial charge in [-0.25, -0.2) is 0 Å². The number of hydrogen-bond donors (Lipinski definition) is 2. The topological polar surface area (TPSA) is 64.4 Å². The van der Waals surface area contributed by atoms with E-state index < -0.39 is 0 Å². The molecule has 3 nitrogen and oxygen atoms in total. The molecule has 1 aromatic rings. The zero-order valence-corrected chi connectivity index (χ0v) is 12.1. The van der Waals surface area contributed by atoms with Gasteiger partial charge in [-0.2, -0.15) is 0 Å². The van der Waals surface area contributed by atoms with Gasteiger partial charge in [0.15, 0.2) is 5.96 Å². The van der Waals surface area contributed by atoms with Gasteiger partial charge in [0, 0.05) is 9.89 Å². The molecule has 0 aliphatic heterocycles. The van der Waals surface area contributed by atoms with E-state index in [0.717, 1.165) is 4.47 Å². The number of hydrogen-bond acceptors (Lipinski definition) is 1. The van der Waals surface area contributed by atoms with Crippen molar-refractivity contribution in [3.63, 3.8) is 0 Å². The molecule has 4 heteroatoms. The average molecular weight is 310 g/mol. The normalized spacial score (nSPS) is 18.3. The van der Waals surface area contributed by atoms with Crippen LogP contribution in [-0.4, -0.2) is 12.5 Å². The molecule has 0 bridgehead atoms. The molecule has 0 heterocycles. The fourth-order valence-corrected chi connectivity index (χ4v) is 3.08. The van der Waals surface area contributed by atoms with Crippen molar-refractivity contribution < 1.29 is 0 Å². The highest BCUT2D eigenvalue weighted by atomic mass is 79.9. The molecular weight excluding hydrogens is 290 g/mol. The van der Waals surface area contributed by atoms with Gasteiger partial charge in [0.25, 0.3) is 0 Å². The van der Waals surface area contributed by atoms with E-state index in [-0.39, 0.29) is 11.4 Å². The van der Waals surface area contributed by atoms with Gasteiger partial charge in [0.05, 0.1) is 6.54 Å². The van der Waals surface area contributed by atoms with Crippen molar-refractivity contribution in [1.29, 1.82) is 0 Å². The van der Waals surface area contributed by atoms with Gasteiger partial charge in [0.2, 0.25) is 0 Å². The summed E-state index contributed by atoms with van der Waals surface area (Å²) in [6.45, 7) is 0.705. The Bertz CT molecular complexity index is 415. The van der Waals surface area contributed by atoms with Crippen molar-refractivity contribution in [2.24, 2.45) is 16.5 Å². The van der Waals surface area contributed by atoms with Crippen LogP contribution >= 0.6 is 15.9 Å². The third-order valence-corrected chi connectivity index (χ3v) is 4.36. The van der Waals surface area contributed by atoms with Crippen molar-refractivity contribution in [2.45, 2.75) is 37.5 Å². The Hall–Kier alpha value is -1.03. The van der Waals surface area contributed by atoms with E-state index in [4.69, 9.17) is 11.5 Å². The van der Waals surface area contributed by atoms with Gasteiger partial charge in [-0.05, 0) is 30.5 Å². The van der Waals surface area contributed by atoms with Crippen LogP contribution in [-0.2, 0) is 5.41 Å². The number of aliphatic imine (C=N–C) groups is 1. The fraction of sp³-hybridized carbons (Fsp3) is 0.500. The van der Waals surface area contributed by atoms with E-state index in [9.17, 15) is 0 Å². The van der Waals surface area contributed by atoms with E-state index in [1.54, 1.807) is 0 Å². The van der Waals surface area contributed by atoms with Gasteiger partial charge in [-0.15, -0.1) is 0 Å². The van der Waals surface area contributed by atoms with Gasteiger partial charge in [0.1, 0.15) is 0 Å². The van der Waals surface area contributed by atoms with E-state index in [1.807, 2.05) is 0 Å². The third-order valence-electron chi connectivity index (χ3n) is 3.83. The Kier molecular flexibility index (Phi) is 4.27. The maximum absolute atomic E-state index is 5.49. The smallest absolute Gasteiger partial charge is 0.185 e. The molecular formula is C14H20BrN3. The highest BCUT2D eigenvalue weighted by Crippen LogP contribution is 2.40. The SMILES string of the molecule is NC(N)=NCC1(c2ccc(Br)cc2)CCCCC1. The summed E-state index contributed by atoms with van der Waals surface area (Å²) in [6.07, 6.45) is 6.18.